The molecule has 0 atom stereocenters. The number of hydrogen-bond acceptors (Lipinski definition) is 5. The van der Waals surface area contributed by atoms with E-state index in [9.17, 15) is 4.79 Å². The summed E-state index contributed by atoms with van der Waals surface area (Å²) >= 11 is 0. The van der Waals surface area contributed by atoms with Gasteiger partial charge in [-0.2, -0.15) is 0 Å². The molecule has 8 nitrogen and oxygen atoms in total. The zero-order valence-electron chi connectivity index (χ0n) is 16.8. The molecule has 0 radical (unpaired) electrons. The Bertz CT molecular complexity index is 625. The lowest BCUT2D eigenvalue weighted by Crippen LogP contribution is -2.46. The molecule has 1 amide bonds. The monoisotopic (exact) mass is 494 g/mol. The number of nitrogens with two attached hydrogens (primary N) is 1. The standard InChI is InChI=1S/C18H30N4O4.HI/c1-7-20-17(22-11-18(2,3)16(19)23)21-10-12-8-13(24-4)15(26-6)14(9-12)25-5;/h8-9H,7,10-11H2,1-6H3,(H2,19,23)(H2,20,21,22);1H. The molecule has 0 aliphatic carbocycles. The van der Waals surface area contributed by atoms with Gasteiger partial charge in [0.15, 0.2) is 17.5 Å². The summed E-state index contributed by atoms with van der Waals surface area (Å²) in [5.74, 6) is 1.91. The molecule has 9 heteroatoms. The van der Waals surface area contributed by atoms with Crippen LogP contribution in [0, 0.1) is 5.41 Å². The second-order valence-corrected chi connectivity index (χ2v) is 6.33. The highest BCUT2D eigenvalue weighted by Gasteiger charge is 2.25. The zero-order valence-corrected chi connectivity index (χ0v) is 19.2. The van der Waals surface area contributed by atoms with E-state index in [-0.39, 0.29) is 29.9 Å². The topological polar surface area (TPSA) is 107 Å². The van der Waals surface area contributed by atoms with Crippen LogP contribution < -0.4 is 30.6 Å². The predicted octanol–water partition coefficient (Wildman–Crippen LogP) is 1.90. The fourth-order valence-electron chi connectivity index (χ4n) is 2.13. The quantitative estimate of drug-likeness (QED) is 0.275. The molecule has 0 heterocycles. The van der Waals surface area contributed by atoms with Gasteiger partial charge in [0.2, 0.25) is 11.7 Å². The Morgan fingerprint density at radius 3 is 2.07 bits per heavy atom. The van der Waals surface area contributed by atoms with Crippen molar-refractivity contribution >= 4 is 35.8 Å². The maximum absolute atomic E-state index is 11.5. The molecule has 154 valence electrons. The number of primary amides is 1. The number of amides is 1. The van der Waals surface area contributed by atoms with Crippen LogP contribution in [0.3, 0.4) is 0 Å². The average molecular weight is 494 g/mol. The Morgan fingerprint density at radius 1 is 1.11 bits per heavy atom. The maximum Gasteiger partial charge on any atom is 0.224 e. The number of aliphatic imine (C=N–C) groups is 1. The number of nitrogens with one attached hydrogen (secondary N) is 2. The SMILES string of the molecule is CCNC(=NCc1cc(OC)c(OC)c(OC)c1)NCC(C)(C)C(N)=O.I. The highest BCUT2D eigenvalue weighted by atomic mass is 127. The van der Waals surface area contributed by atoms with Crippen molar-refractivity contribution in [2.24, 2.45) is 16.1 Å². The fraction of sp³-hybridized carbons (Fsp3) is 0.556. The van der Waals surface area contributed by atoms with Crippen molar-refractivity contribution in [2.45, 2.75) is 27.3 Å². The first-order valence-electron chi connectivity index (χ1n) is 8.40. The molecule has 0 bridgehead atoms. The number of methoxy groups -OCH3 is 3. The highest BCUT2D eigenvalue weighted by molar-refractivity contribution is 14.0. The van der Waals surface area contributed by atoms with Crippen LogP contribution in [0.15, 0.2) is 17.1 Å². The number of hydrogen-bond donors (Lipinski definition) is 3. The van der Waals surface area contributed by atoms with E-state index in [1.165, 1.54) is 0 Å². The molecule has 0 spiro atoms. The number of guanidine groups is 1. The molecule has 0 saturated heterocycles. The number of carbonyl (C=O) groups is 1. The molecular formula is C18H31IN4O4. The first kappa shape index (κ1) is 25.1. The van der Waals surface area contributed by atoms with Gasteiger partial charge in [0.25, 0.3) is 0 Å². The fourth-order valence-corrected chi connectivity index (χ4v) is 2.13. The minimum atomic E-state index is -0.678. The van der Waals surface area contributed by atoms with Crippen molar-refractivity contribution in [1.82, 2.24) is 10.6 Å². The van der Waals surface area contributed by atoms with Gasteiger partial charge in [-0.1, -0.05) is 0 Å². The maximum atomic E-state index is 11.5. The van der Waals surface area contributed by atoms with Crippen LogP contribution in [0.1, 0.15) is 26.3 Å². The number of carbonyl (C=O) groups excluding carboxylic acids is 1. The van der Waals surface area contributed by atoms with E-state index in [2.05, 4.69) is 15.6 Å². The first-order valence-corrected chi connectivity index (χ1v) is 8.40. The van der Waals surface area contributed by atoms with E-state index in [0.717, 1.165) is 5.56 Å². The van der Waals surface area contributed by atoms with Crippen LogP contribution >= 0.6 is 24.0 Å². The van der Waals surface area contributed by atoms with Gasteiger partial charge < -0.3 is 30.6 Å². The van der Waals surface area contributed by atoms with Gasteiger partial charge in [-0.25, -0.2) is 4.99 Å². The van der Waals surface area contributed by atoms with Crippen LogP contribution in [-0.4, -0.2) is 46.3 Å². The normalized spacial score (nSPS) is 11.3. The summed E-state index contributed by atoms with van der Waals surface area (Å²) in [6, 6.07) is 3.70. The van der Waals surface area contributed by atoms with E-state index in [1.54, 1.807) is 35.2 Å². The molecule has 0 saturated carbocycles. The lowest BCUT2D eigenvalue weighted by molar-refractivity contribution is -0.125. The number of nitrogens with zero attached hydrogens (tertiary/aromatic N) is 1. The van der Waals surface area contributed by atoms with Gasteiger partial charge in [-0.15, -0.1) is 24.0 Å². The Balaban J connectivity index is 0.00000676. The minimum Gasteiger partial charge on any atom is -0.493 e. The number of halogens is 1. The number of benzene rings is 1. The number of rotatable bonds is 9. The molecule has 0 fully saturated rings. The third kappa shape index (κ3) is 7.31. The lowest BCUT2D eigenvalue weighted by Gasteiger charge is -2.22. The van der Waals surface area contributed by atoms with Crippen LogP contribution in [-0.2, 0) is 11.3 Å². The highest BCUT2D eigenvalue weighted by Crippen LogP contribution is 2.38. The number of ether oxygens (including phenoxy) is 3. The zero-order chi connectivity index (χ0) is 19.7. The second kappa shape index (κ2) is 11.7. The Labute approximate surface area is 178 Å². The summed E-state index contributed by atoms with van der Waals surface area (Å²) in [7, 11) is 4.70. The van der Waals surface area contributed by atoms with Gasteiger partial charge in [-0.3, -0.25) is 4.79 Å². The van der Waals surface area contributed by atoms with Crippen LogP contribution in [0.4, 0.5) is 0 Å². The van der Waals surface area contributed by atoms with Crippen molar-refractivity contribution < 1.29 is 19.0 Å². The van der Waals surface area contributed by atoms with Gasteiger partial charge in [0.05, 0.1) is 33.3 Å². The predicted molar refractivity (Wildman–Crippen MR) is 117 cm³/mol. The second-order valence-electron chi connectivity index (χ2n) is 6.33. The summed E-state index contributed by atoms with van der Waals surface area (Å²) in [5.41, 5.74) is 5.62. The van der Waals surface area contributed by atoms with Crippen LogP contribution in [0.2, 0.25) is 0 Å². The van der Waals surface area contributed by atoms with Crippen LogP contribution in [0.25, 0.3) is 0 Å². The summed E-state index contributed by atoms with van der Waals surface area (Å²) < 4.78 is 16.0. The Morgan fingerprint density at radius 2 is 1.67 bits per heavy atom. The lowest BCUT2D eigenvalue weighted by atomic mass is 9.93. The summed E-state index contributed by atoms with van der Waals surface area (Å²) in [4.78, 5) is 16.0. The first-order chi connectivity index (χ1) is 12.3. The average Bonchev–Trinajstić information content (AvgIpc) is 2.62. The Kier molecular flexibility index (Phi) is 10.9. The summed E-state index contributed by atoms with van der Waals surface area (Å²) in [6.07, 6.45) is 0. The van der Waals surface area contributed by atoms with Crippen molar-refractivity contribution in [3.05, 3.63) is 17.7 Å². The van der Waals surface area contributed by atoms with E-state index in [4.69, 9.17) is 19.9 Å². The molecule has 4 N–H and O–H groups in total. The molecule has 27 heavy (non-hydrogen) atoms. The van der Waals surface area contributed by atoms with Gasteiger partial charge in [0, 0.05) is 13.1 Å². The molecule has 1 aromatic carbocycles. The Hall–Kier alpha value is -1.91. The van der Waals surface area contributed by atoms with E-state index in [0.29, 0.717) is 42.8 Å². The van der Waals surface area contributed by atoms with Crippen molar-refractivity contribution in [3.8, 4) is 17.2 Å². The van der Waals surface area contributed by atoms with E-state index < -0.39 is 5.41 Å². The van der Waals surface area contributed by atoms with E-state index in [1.807, 2.05) is 19.1 Å². The van der Waals surface area contributed by atoms with E-state index >= 15 is 0 Å². The molecule has 0 aromatic heterocycles. The van der Waals surface area contributed by atoms with Gasteiger partial charge in [-0.05, 0) is 38.5 Å². The van der Waals surface area contributed by atoms with Crippen molar-refractivity contribution in [3.63, 3.8) is 0 Å². The molecule has 1 rings (SSSR count). The van der Waals surface area contributed by atoms with Gasteiger partial charge >= 0.3 is 0 Å². The third-order valence-electron chi connectivity index (χ3n) is 3.85. The summed E-state index contributed by atoms with van der Waals surface area (Å²) in [6.45, 7) is 7.00. The molecular weight excluding hydrogens is 463 g/mol. The van der Waals surface area contributed by atoms with Crippen molar-refractivity contribution in [2.75, 3.05) is 34.4 Å². The molecule has 1 aromatic rings. The summed E-state index contributed by atoms with van der Waals surface area (Å²) in [5, 5.41) is 6.29. The third-order valence-corrected chi connectivity index (χ3v) is 3.85. The van der Waals surface area contributed by atoms with Crippen molar-refractivity contribution in [1.29, 1.82) is 0 Å². The van der Waals surface area contributed by atoms with Gasteiger partial charge in [0.1, 0.15) is 0 Å². The molecule has 0 unspecified atom stereocenters. The molecule has 0 aliphatic heterocycles. The van der Waals surface area contributed by atoms with Crippen LogP contribution in [0.5, 0.6) is 17.2 Å². The molecule has 0 aliphatic rings. The minimum absolute atomic E-state index is 0. The largest absolute Gasteiger partial charge is 0.493 e. The smallest absolute Gasteiger partial charge is 0.224 e.